The van der Waals surface area contributed by atoms with Gasteiger partial charge in [0.15, 0.2) is 12.4 Å². The number of hydrogen-bond donors (Lipinski definition) is 2. The van der Waals surface area contributed by atoms with E-state index in [0.717, 1.165) is 5.56 Å². The first-order valence-corrected chi connectivity index (χ1v) is 8.01. The fourth-order valence-electron chi connectivity index (χ4n) is 2.37. The molecule has 0 bridgehead atoms. The molecular formula is C16H16ClN7O2. The van der Waals surface area contributed by atoms with Crippen LogP contribution in [0.2, 0.25) is 5.15 Å². The molecule has 0 unspecified atom stereocenters. The first-order chi connectivity index (χ1) is 12.4. The zero-order valence-electron chi connectivity index (χ0n) is 13.9. The Balaban J connectivity index is 1.75. The number of ether oxygens (including phenoxy) is 1. The van der Waals surface area contributed by atoms with Gasteiger partial charge in [-0.3, -0.25) is 0 Å². The number of benzene rings is 1. The molecule has 0 aliphatic carbocycles. The van der Waals surface area contributed by atoms with Crippen LogP contribution >= 0.6 is 11.6 Å². The van der Waals surface area contributed by atoms with Gasteiger partial charge in [0.25, 0.3) is 0 Å². The van der Waals surface area contributed by atoms with Gasteiger partial charge in [-0.25, -0.2) is 9.48 Å². The maximum Gasteiger partial charge on any atom is 0.343 e. The second kappa shape index (κ2) is 7.36. The summed E-state index contributed by atoms with van der Waals surface area (Å²) in [6, 6.07) is 9.65. The Morgan fingerprint density at radius 3 is 2.46 bits per heavy atom. The summed E-state index contributed by atoms with van der Waals surface area (Å²) in [4.78, 5) is 23.8. The molecule has 26 heavy (non-hydrogen) atoms. The van der Waals surface area contributed by atoms with Crippen LogP contribution in [-0.4, -0.2) is 30.7 Å². The average Bonchev–Trinajstić information content (AvgIpc) is 2.86. The van der Waals surface area contributed by atoms with Gasteiger partial charge in [-0.2, -0.15) is 20.1 Å². The second-order valence-corrected chi connectivity index (χ2v) is 5.80. The fraction of sp³-hybridized carbons (Fsp3) is 0.188. The molecule has 0 radical (unpaired) electrons. The van der Waals surface area contributed by atoms with Crippen molar-refractivity contribution in [3.63, 3.8) is 0 Å². The third-order valence-electron chi connectivity index (χ3n) is 3.49. The Morgan fingerprint density at radius 2 is 1.81 bits per heavy atom. The number of aryl methyl sites for hydroxylation is 1. The molecule has 3 aromatic rings. The largest absolute Gasteiger partial charge is 0.454 e. The number of hydrogen-bond acceptors (Lipinski definition) is 8. The Labute approximate surface area is 154 Å². The maximum atomic E-state index is 12.4. The summed E-state index contributed by atoms with van der Waals surface area (Å²) < 4.78 is 6.75. The summed E-state index contributed by atoms with van der Waals surface area (Å²) >= 11 is 6.32. The standard InChI is InChI=1S/C16H16ClN7O2/c1-9-12(13(17)24(23-9)7-10-5-3-2-4-6-10)14(25)26-8-11-20-15(18)22-16(19)21-11/h2-6H,7-8H2,1H3,(H4,18,19,20,21,22). The lowest BCUT2D eigenvalue weighted by atomic mass is 10.2. The second-order valence-electron chi connectivity index (χ2n) is 5.44. The molecule has 4 N–H and O–H groups in total. The Hall–Kier alpha value is -3.20. The van der Waals surface area contributed by atoms with E-state index >= 15 is 0 Å². The number of carbonyl (C=O) groups excluding carboxylic acids is 1. The summed E-state index contributed by atoms with van der Waals surface area (Å²) in [5.41, 5.74) is 12.6. The van der Waals surface area contributed by atoms with Gasteiger partial charge < -0.3 is 16.2 Å². The minimum absolute atomic E-state index is 0.0477. The van der Waals surface area contributed by atoms with Crippen LogP contribution in [0.15, 0.2) is 30.3 Å². The SMILES string of the molecule is Cc1nn(Cc2ccccc2)c(Cl)c1C(=O)OCc1nc(N)nc(N)n1. The highest BCUT2D eigenvalue weighted by Gasteiger charge is 2.22. The van der Waals surface area contributed by atoms with Crippen molar-refractivity contribution in [3.05, 3.63) is 58.1 Å². The number of nitrogens with zero attached hydrogens (tertiary/aromatic N) is 5. The molecule has 1 aromatic carbocycles. The molecule has 10 heteroatoms. The van der Waals surface area contributed by atoms with E-state index in [1.807, 2.05) is 30.3 Å². The molecule has 2 aromatic heterocycles. The molecule has 0 saturated heterocycles. The summed E-state index contributed by atoms with van der Waals surface area (Å²) in [7, 11) is 0. The van der Waals surface area contributed by atoms with Crippen LogP contribution in [-0.2, 0) is 17.9 Å². The highest BCUT2D eigenvalue weighted by Crippen LogP contribution is 2.22. The molecule has 0 saturated carbocycles. The number of nitrogen functional groups attached to an aromatic ring is 2. The van der Waals surface area contributed by atoms with Crippen LogP contribution < -0.4 is 11.5 Å². The zero-order valence-corrected chi connectivity index (χ0v) is 14.6. The highest BCUT2D eigenvalue weighted by atomic mass is 35.5. The molecule has 9 nitrogen and oxygen atoms in total. The van der Waals surface area contributed by atoms with E-state index in [2.05, 4.69) is 20.1 Å². The van der Waals surface area contributed by atoms with Crippen LogP contribution in [0, 0.1) is 6.92 Å². The number of carbonyl (C=O) groups is 1. The van der Waals surface area contributed by atoms with E-state index in [9.17, 15) is 4.79 Å². The molecular weight excluding hydrogens is 358 g/mol. The Bertz CT molecular complexity index is 923. The van der Waals surface area contributed by atoms with Crippen LogP contribution in [0.25, 0.3) is 0 Å². The molecule has 0 amide bonds. The van der Waals surface area contributed by atoms with E-state index in [1.54, 1.807) is 11.6 Å². The van der Waals surface area contributed by atoms with Crippen LogP contribution in [0.1, 0.15) is 27.4 Å². The van der Waals surface area contributed by atoms with E-state index in [-0.39, 0.29) is 35.0 Å². The van der Waals surface area contributed by atoms with E-state index in [1.165, 1.54) is 0 Å². The highest BCUT2D eigenvalue weighted by molar-refractivity contribution is 6.32. The number of aromatic nitrogens is 5. The monoisotopic (exact) mass is 373 g/mol. The van der Waals surface area contributed by atoms with Crippen molar-refractivity contribution in [2.24, 2.45) is 0 Å². The number of rotatable bonds is 5. The average molecular weight is 374 g/mol. The van der Waals surface area contributed by atoms with E-state index < -0.39 is 5.97 Å². The quantitative estimate of drug-likeness (QED) is 0.644. The molecule has 0 aliphatic rings. The predicted molar refractivity (Wildman–Crippen MR) is 95.3 cm³/mol. The summed E-state index contributed by atoms with van der Waals surface area (Å²) in [6.45, 7) is 1.91. The van der Waals surface area contributed by atoms with Crippen molar-refractivity contribution in [2.75, 3.05) is 11.5 Å². The molecule has 3 rings (SSSR count). The van der Waals surface area contributed by atoms with Crippen molar-refractivity contribution < 1.29 is 9.53 Å². The molecule has 134 valence electrons. The first-order valence-electron chi connectivity index (χ1n) is 7.64. The summed E-state index contributed by atoms with van der Waals surface area (Å²) in [6.07, 6.45) is 0. The normalized spacial score (nSPS) is 10.7. The Morgan fingerprint density at radius 1 is 1.15 bits per heavy atom. The van der Waals surface area contributed by atoms with Gasteiger partial charge in [0.2, 0.25) is 11.9 Å². The van der Waals surface area contributed by atoms with Gasteiger partial charge in [0.05, 0.1) is 12.2 Å². The van der Waals surface area contributed by atoms with Gasteiger partial charge in [0.1, 0.15) is 10.7 Å². The summed E-state index contributed by atoms with van der Waals surface area (Å²) in [5.74, 6) is -0.583. The lowest BCUT2D eigenvalue weighted by Gasteiger charge is -2.05. The Kier molecular flexibility index (Phi) is 4.99. The number of nitrogens with two attached hydrogens (primary N) is 2. The lowest BCUT2D eigenvalue weighted by molar-refractivity contribution is 0.0461. The minimum atomic E-state index is -0.635. The molecule has 0 fully saturated rings. The zero-order chi connectivity index (χ0) is 18.7. The number of halogens is 1. The van der Waals surface area contributed by atoms with Crippen molar-refractivity contribution in [1.29, 1.82) is 0 Å². The van der Waals surface area contributed by atoms with Crippen molar-refractivity contribution in [3.8, 4) is 0 Å². The van der Waals surface area contributed by atoms with Crippen molar-refractivity contribution in [1.82, 2.24) is 24.7 Å². The van der Waals surface area contributed by atoms with Crippen molar-refractivity contribution in [2.45, 2.75) is 20.1 Å². The van der Waals surface area contributed by atoms with E-state index in [4.69, 9.17) is 27.8 Å². The molecule has 0 aliphatic heterocycles. The van der Waals surface area contributed by atoms with Gasteiger partial charge in [-0.05, 0) is 12.5 Å². The third kappa shape index (κ3) is 3.89. The smallest absolute Gasteiger partial charge is 0.343 e. The van der Waals surface area contributed by atoms with Gasteiger partial charge >= 0.3 is 5.97 Å². The van der Waals surface area contributed by atoms with Gasteiger partial charge in [-0.1, -0.05) is 41.9 Å². The predicted octanol–water partition coefficient (Wildman–Crippen LogP) is 1.60. The van der Waals surface area contributed by atoms with Crippen LogP contribution in [0.3, 0.4) is 0 Å². The molecule has 0 spiro atoms. The van der Waals surface area contributed by atoms with Gasteiger partial charge in [-0.15, -0.1) is 0 Å². The summed E-state index contributed by atoms with van der Waals surface area (Å²) in [5, 5.41) is 4.51. The topological polar surface area (TPSA) is 135 Å². The first kappa shape index (κ1) is 17.6. The lowest BCUT2D eigenvalue weighted by Crippen LogP contribution is -2.12. The number of anilines is 2. The van der Waals surface area contributed by atoms with Crippen molar-refractivity contribution >= 4 is 29.5 Å². The number of esters is 1. The maximum absolute atomic E-state index is 12.4. The van der Waals surface area contributed by atoms with Crippen LogP contribution in [0.4, 0.5) is 11.9 Å². The van der Waals surface area contributed by atoms with Crippen LogP contribution in [0.5, 0.6) is 0 Å². The minimum Gasteiger partial charge on any atom is -0.454 e. The van der Waals surface area contributed by atoms with Gasteiger partial charge in [0, 0.05) is 0 Å². The third-order valence-corrected chi connectivity index (χ3v) is 3.88. The fourth-order valence-corrected chi connectivity index (χ4v) is 2.68. The molecule has 0 atom stereocenters. The molecule has 2 heterocycles. The van der Waals surface area contributed by atoms with E-state index in [0.29, 0.717) is 12.2 Å².